The minimum absolute atomic E-state index is 0.0444. The highest BCUT2D eigenvalue weighted by molar-refractivity contribution is 8.00. The molecule has 0 aromatic heterocycles. The fraction of sp³-hybridized carbons (Fsp3) is 0.278. The van der Waals surface area contributed by atoms with Crippen LogP contribution in [0.15, 0.2) is 41.3 Å². The number of ether oxygens (including phenoxy) is 2. The Morgan fingerprint density at radius 1 is 1.20 bits per heavy atom. The van der Waals surface area contributed by atoms with Gasteiger partial charge in [0, 0.05) is 11.4 Å². The molecule has 0 radical (unpaired) electrons. The molecule has 2 rings (SSSR count). The number of amides is 1. The van der Waals surface area contributed by atoms with Crippen molar-refractivity contribution in [1.82, 2.24) is 5.32 Å². The molecule has 0 spiro atoms. The molecule has 0 aliphatic carbocycles. The first kappa shape index (κ1) is 19.4. The quantitative estimate of drug-likeness (QED) is 0.724. The van der Waals surface area contributed by atoms with E-state index in [0.717, 1.165) is 10.5 Å². The van der Waals surface area contributed by atoms with Crippen molar-refractivity contribution < 1.29 is 18.7 Å². The van der Waals surface area contributed by atoms with E-state index >= 15 is 0 Å². The molecule has 0 aliphatic rings. The highest BCUT2D eigenvalue weighted by Gasteiger charge is 2.15. The summed E-state index contributed by atoms with van der Waals surface area (Å²) in [6.45, 7) is 2.15. The van der Waals surface area contributed by atoms with Crippen LogP contribution in [0.25, 0.3) is 0 Å². The summed E-state index contributed by atoms with van der Waals surface area (Å²) >= 11 is 7.08. The van der Waals surface area contributed by atoms with Gasteiger partial charge in [-0.1, -0.05) is 17.7 Å². The average Bonchev–Trinajstić information content (AvgIpc) is 2.62. The Morgan fingerprint density at radius 3 is 2.56 bits per heavy atom. The Hall–Kier alpha value is -1.92. The van der Waals surface area contributed by atoms with E-state index in [1.165, 1.54) is 23.9 Å². The number of rotatable bonds is 7. The molecular formula is C18H19ClFNO3S. The van der Waals surface area contributed by atoms with Crippen LogP contribution in [0.5, 0.6) is 11.5 Å². The van der Waals surface area contributed by atoms with Gasteiger partial charge < -0.3 is 14.8 Å². The Labute approximate surface area is 155 Å². The maximum atomic E-state index is 13.2. The van der Waals surface area contributed by atoms with Gasteiger partial charge in [-0.15, -0.1) is 11.8 Å². The zero-order valence-electron chi connectivity index (χ0n) is 14.1. The second-order valence-electron chi connectivity index (χ2n) is 5.24. The molecule has 0 aliphatic heterocycles. The van der Waals surface area contributed by atoms with E-state index in [2.05, 4.69) is 5.32 Å². The second kappa shape index (κ2) is 8.97. The molecule has 0 fully saturated rings. The lowest BCUT2D eigenvalue weighted by molar-refractivity contribution is -0.120. The molecule has 2 aromatic carbocycles. The van der Waals surface area contributed by atoms with Crippen LogP contribution in [0, 0.1) is 5.82 Å². The molecule has 7 heteroatoms. The van der Waals surface area contributed by atoms with Crippen LogP contribution in [-0.4, -0.2) is 25.4 Å². The molecule has 25 heavy (non-hydrogen) atoms. The summed E-state index contributed by atoms with van der Waals surface area (Å²) in [4.78, 5) is 13.0. The van der Waals surface area contributed by atoms with Crippen LogP contribution in [0.2, 0.25) is 5.02 Å². The van der Waals surface area contributed by atoms with Crippen molar-refractivity contribution in [3.63, 3.8) is 0 Å². The Bertz CT molecular complexity index is 757. The van der Waals surface area contributed by atoms with Crippen LogP contribution in [0.1, 0.15) is 12.5 Å². The fourth-order valence-corrected chi connectivity index (χ4v) is 3.31. The molecule has 134 valence electrons. The zero-order valence-corrected chi connectivity index (χ0v) is 15.7. The number of hydrogen-bond donors (Lipinski definition) is 1. The van der Waals surface area contributed by atoms with Gasteiger partial charge in [-0.25, -0.2) is 4.39 Å². The summed E-state index contributed by atoms with van der Waals surface area (Å²) in [7, 11) is 3.13. The Morgan fingerprint density at radius 2 is 1.92 bits per heavy atom. The lowest BCUT2D eigenvalue weighted by atomic mass is 10.2. The number of nitrogens with one attached hydrogen (secondary N) is 1. The van der Waals surface area contributed by atoms with Crippen molar-refractivity contribution in [2.75, 3.05) is 14.2 Å². The largest absolute Gasteiger partial charge is 0.493 e. The van der Waals surface area contributed by atoms with Gasteiger partial charge in [0.05, 0.1) is 24.5 Å². The van der Waals surface area contributed by atoms with Crippen molar-refractivity contribution in [3.05, 3.63) is 52.8 Å². The molecule has 1 amide bonds. The van der Waals surface area contributed by atoms with Gasteiger partial charge in [0.15, 0.2) is 11.5 Å². The maximum absolute atomic E-state index is 13.2. The minimum atomic E-state index is -0.475. The van der Waals surface area contributed by atoms with Gasteiger partial charge in [-0.05, 0) is 42.8 Å². The van der Waals surface area contributed by atoms with Gasteiger partial charge >= 0.3 is 0 Å². The van der Waals surface area contributed by atoms with Crippen molar-refractivity contribution in [3.8, 4) is 11.5 Å². The number of methoxy groups -OCH3 is 2. The number of thioether (sulfide) groups is 1. The molecule has 0 saturated carbocycles. The van der Waals surface area contributed by atoms with Gasteiger partial charge in [-0.2, -0.15) is 0 Å². The third-order valence-corrected chi connectivity index (χ3v) is 4.87. The monoisotopic (exact) mass is 383 g/mol. The molecule has 0 heterocycles. The fourth-order valence-electron chi connectivity index (χ4n) is 2.13. The first-order valence-electron chi connectivity index (χ1n) is 7.55. The lowest BCUT2D eigenvalue weighted by Gasteiger charge is -2.13. The zero-order chi connectivity index (χ0) is 18.4. The number of carbonyl (C=O) groups excluding carboxylic acids is 1. The van der Waals surface area contributed by atoms with E-state index in [0.29, 0.717) is 18.0 Å². The van der Waals surface area contributed by atoms with Crippen molar-refractivity contribution in [2.24, 2.45) is 0 Å². The topological polar surface area (TPSA) is 47.6 Å². The summed E-state index contributed by atoms with van der Waals surface area (Å²) in [6, 6.07) is 9.87. The standard InChI is InChI=1S/C18H19ClFNO3S/c1-11(25-13-5-6-15(20)14(19)9-13)18(22)21-10-12-4-7-16(23-2)17(8-12)24-3/h4-9,11H,10H2,1-3H3,(H,21,22)/t11-/m0/s1. The van der Waals surface area contributed by atoms with E-state index in [-0.39, 0.29) is 16.2 Å². The van der Waals surface area contributed by atoms with Crippen molar-refractivity contribution >= 4 is 29.3 Å². The third kappa shape index (κ3) is 5.28. The first-order chi connectivity index (χ1) is 11.9. The van der Waals surface area contributed by atoms with Crippen LogP contribution in [-0.2, 0) is 11.3 Å². The van der Waals surface area contributed by atoms with Gasteiger partial charge in [0.1, 0.15) is 5.82 Å². The molecule has 2 aromatic rings. The second-order valence-corrected chi connectivity index (χ2v) is 7.06. The van der Waals surface area contributed by atoms with E-state index in [9.17, 15) is 9.18 Å². The van der Waals surface area contributed by atoms with E-state index in [1.807, 2.05) is 12.1 Å². The summed E-state index contributed by atoms with van der Waals surface area (Å²) < 4.78 is 23.6. The predicted octanol–water partition coefficient (Wildman–Crippen LogP) is 4.29. The molecule has 1 N–H and O–H groups in total. The highest BCUT2D eigenvalue weighted by Crippen LogP contribution is 2.29. The number of halogens is 2. The van der Waals surface area contributed by atoms with Crippen LogP contribution < -0.4 is 14.8 Å². The molecule has 0 bridgehead atoms. The van der Waals surface area contributed by atoms with E-state index in [1.54, 1.807) is 33.3 Å². The number of hydrogen-bond acceptors (Lipinski definition) is 4. The van der Waals surface area contributed by atoms with Gasteiger partial charge in [0.2, 0.25) is 5.91 Å². The third-order valence-electron chi connectivity index (χ3n) is 3.49. The highest BCUT2D eigenvalue weighted by atomic mass is 35.5. The summed E-state index contributed by atoms with van der Waals surface area (Å²) in [5, 5.41) is 2.57. The Balaban J connectivity index is 1.94. The smallest absolute Gasteiger partial charge is 0.233 e. The molecule has 4 nitrogen and oxygen atoms in total. The average molecular weight is 384 g/mol. The molecule has 0 unspecified atom stereocenters. The van der Waals surface area contributed by atoms with Gasteiger partial charge in [-0.3, -0.25) is 4.79 Å². The van der Waals surface area contributed by atoms with Crippen LogP contribution >= 0.6 is 23.4 Å². The summed E-state index contributed by atoms with van der Waals surface area (Å²) in [6.07, 6.45) is 0. The predicted molar refractivity (Wildman–Crippen MR) is 98.1 cm³/mol. The van der Waals surface area contributed by atoms with Crippen LogP contribution in [0.4, 0.5) is 4.39 Å². The molecule has 0 saturated heterocycles. The number of benzene rings is 2. The Kier molecular flexibility index (Phi) is 6.96. The minimum Gasteiger partial charge on any atom is -0.493 e. The summed E-state index contributed by atoms with van der Waals surface area (Å²) in [5.41, 5.74) is 0.896. The lowest BCUT2D eigenvalue weighted by Crippen LogP contribution is -2.30. The summed E-state index contributed by atoms with van der Waals surface area (Å²) in [5.74, 6) is 0.643. The molecule has 1 atom stereocenters. The SMILES string of the molecule is COc1ccc(CNC(=O)[C@H](C)Sc2ccc(F)c(Cl)c2)cc1OC. The van der Waals surface area contributed by atoms with E-state index in [4.69, 9.17) is 21.1 Å². The van der Waals surface area contributed by atoms with Crippen LogP contribution in [0.3, 0.4) is 0 Å². The molecular weight excluding hydrogens is 365 g/mol. The maximum Gasteiger partial charge on any atom is 0.233 e. The van der Waals surface area contributed by atoms with Gasteiger partial charge in [0.25, 0.3) is 0 Å². The van der Waals surface area contributed by atoms with Crippen molar-refractivity contribution in [2.45, 2.75) is 23.6 Å². The normalized spacial score (nSPS) is 11.7. The number of carbonyl (C=O) groups is 1. The van der Waals surface area contributed by atoms with E-state index < -0.39 is 5.82 Å². The first-order valence-corrected chi connectivity index (χ1v) is 8.80. The van der Waals surface area contributed by atoms with Crippen molar-refractivity contribution in [1.29, 1.82) is 0 Å².